The van der Waals surface area contributed by atoms with E-state index in [1.807, 2.05) is 6.92 Å². The summed E-state index contributed by atoms with van der Waals surface area (Å²) in [5, 5.41) is 0. The summed E-state index contributed by atoms with van der Waals surface area (Å²) in [6.45, 7) is 6.77. The zero-order valence-electron chi connectivity index (χ0n) is 9.53. The van der Waals surface area contributed by atoms with Crippen molar-refractivity contribution in [3.05, 3.63) is 12.2 Å². The topological polar surface area (TPSA) is 55.6 Å². The lowest BCUT2D eigenvalue weighted by Crippen LogP contribution is -2.37. The number of likely N-dealkylation sites (N-methyl/N-ethyl adjacent to an activating group) is 1. The molecule has 1 saturated heterocycles. The summed E-state index contributed by atoms with van der Waals surface area (Å²) < 4.78 is 5.53. The van der Waals surface area contributed by atoms with Gasteiger partial charge in [0, 0.05) is 20.1 Å². The van der Waals surface area contributed by atoms with Crippen LogP contribution in [0.3, 0.4) is 0 Å². The summed E-state index contributed by atoms with van der Waals surface area (Å²) in [6.07, 6.45) is 1.41. The molecule has 0 aromatic carbocycles. The maximum Gasteiger partial charge on any atom is 0.251 e. The van der Waals surface area contributed by atoms with Crippen molar-refractivity contribution in [1.82, 2.24) is 4.90 Å². The van der Waals surface area contributed by atoms with Crippen LogP contribution in [-0.2, 0) is 9.53 Å². The second-order valence-electron chi connectivity index (χ2n) is 4.21. The van der Waals surface area contributed by atoms with Gasteiger partial charge in [0.25, 0.3) is 5.91 Å². The Balaban J connectivity index is 2.44. The number of nitrogens with zero attached hydrogens (tertiary/aromatic N) is 1. The summed E-state index contributed by atoms with van der Waals surface area (Å²) in [5.41, 5.74) is 6.46. The second kappa shape index (κ2) is 5.28. The highest BCUT2D eigenvalue weighted by atomic mass is 16.5. The quantitative estimate of drug-likeness (QED) is 0.691. The first-order valence-corrected chi connectivity index (χ1v) is 5.29. The first-order chi connectivity index (χ1) is 7.04. The van der Waals surface area contributed by atoms with Crippen molar-refractivity contribution >= 4 is 5.91 Å². The third kappa shape index (κ3) is 3.32. The molecule has 0 radical (unpaired) electrons. The van der Waals surface area contributed by atoms with Gasteiger partial charge < -0.3 is 15.4 Å². The monoisotopic (exact) mass is 212 g/mol. The van der Waals surface area contributed by atoms with Crippen LogP contribution in [0.1, 0.15) is 19.8 Å². The fourth-order valence-corrected chi connectivity index (χ4v) is 1.79. The maximum atomic E-state index is 11.9. The number of carbonyl (C=O) groups excluding carboxylic acids is 1. The Labute approximate surface area is 91.1 Å². The fourth-order valence-electron chi connectivity index (χ4n) is 1.79. The molecule has 1 aliphatic heterocycles. The van der Waals surface area contributed by atoms with E-state index in [0.29, 0.717) is 13.1 Å². The van der Waals surface area contributed by atoms with Crippen LogP contribution in [-0.4, -0.2) is 43.2 Å². The van der Waals surface area contributed by atoms with Gasteiger partial charge in [-0.15, -0.1) is 0 Å². The Bertz CT molecular complexity index is 253. The molecular weight excluding hydrogens is 192 g/mol. The predicted molar refractivity (Wildman–Crippen MR) is 59.4 cm³/mol. The van der Waals surface area contributed by atoms with Gasteiger partial charge in [0.15, 0.2) is 0 Å². The average Bonchev–Trinajstić information content (AvgIpc) is 2.63. The number of rotatable bonds is 4. The van der Waals surface area contributed by atoms with E-state index >= 15 is 0 Å². The van der Waals surface area contributed by atoms with E-state index < -0.39 is 0 Å². The third-order valence-electron chi connectivity index (χ3n) is 2.53. The maximum absolute atomic E-state index is 11.9. The Kier molecular flexibility index (Phi) is 4.29. The molecule has 1 rings (SSSR count). The minimum Gasteiger partial charge on any atom is -0.364 e. The first kappa shape index (κ1) is 12.2. The molecule has 2 N–H and O–H groups in total. The number of nitrogens with two attached hydrogens (primary N) is 1. The van der Waals surface area contributed by atoms with Crippen LogP contribution in [0, 0.1) is 0 Å². The van der Waals surface area contributed by atoms with Gasteiger partial charge in [0.2, 0.25) is 0 Å². The van der Waals surface area contributed by atoms with E-state index in [-0.39, 0.29) is 18.1 Å². The summed E-state index contributed by atoms with van der Waals surface area (Å²) in [7, 11) is 1.77. The van der Waals surface area contributed by atoms with Crippen molar-refractivity contribution in [2.24, 2.45) is 5.73 Å². The van der Waals surface area contributed by atoms with Crippen LogP contribution in [0.25, 0.3) is 0 Å². The highest BCUT2D eigenvalue weighted by Crippen LogP contribution is 2.20. The zero-order chi connectivity index (χ0) is 11.4. The molecule has 0 spiro atoms. The molecule has 0 aromatic heterocycles. The van der Waals surface area contributed by atoms with Gasteiger partial charge in [0.1, 0.15) is 6.10 Å². The zero-order valence-corrected chi connectivity index (χ0v) is 9.53. The third-order valence-corrected chi connectivity index (χ3v) is 2.53. The largest absolute Gasteiger partial charge is 0.364 e. The van der Waals surface area contributed by atoms with Crippen LogP contribution in [0.5, 0.6) is 0 Å². The predicted octanol–water partition coefficient (Wildman–Crippen LogP) is 0.527. The number of ether oxygens (including phenoxy) is 1. The van der Waals surface area contributed by atoms with Crippen molar-refractivity contribution in [1.29, 1.82) is 0 Å². The molecule has 0 aromatic rings. The number of amides is 1. The number of carbonyl (C=O) groups is 1. The normalized spacial score (nSPS) is 25.3. The molecule has 1 heterocycles. The summed E-state index contributed by atoms with van der Waals surface area (Å²) in [5.74, 6) is 0.0361. The van der Waals surface area contributed by atoms with Gasteiger partial charge in [0.05, 0.1) is 6.10 Å². The number of hydrogen-bond donors (Lipinski definition) is 1. The highest BCUT2D eigenvalue weighted by Gasteiger charge is 2.31. The van der Waals surface area contributed by atoms with E-state index in [1.165, 1.54) is 0 Å². The minimum atomic E-state index is -0.303. The van der Waals surface area contributed by atoms with Crippen LogP contribution >= 0.6 is 0 Å². The van der Waals surface area contributed by atoms with Crippen molar-refractivity contribution in [2.75, 3.05) is 20.1 Å². The van der Waals surface area contributed by atoms with Gasteiger partial charge in [-0.2, -0.15) is 0 Å². The van der Waals surface area contributed by atoms with Crippen molar-refractivity contribution in [2.45, 2.75) is 32.0 Å². The van der Waals surface area contributed by atoms with E-state index in [4.69, 9.17) is 10.5 Å². The fraction of sp³-hybridized carbons (Fsp3) is 0.727. The average molecular weight is 212 g/mol. The van der Waals surface area contributed by atoms with E-state index in [1.54, 1.807) is 11.9 Å². The van der Waals surface area contributed by atoms with Crippen molar-refractivity contribution in [3.8, 4) is 0 Å². The molecule has 1 fully saturated rings. The molecule has 2 atom stereocenters. The highest BCUT2D eigenvalue weighted by molar-refractivity contribution is 5.81. The van der Waals surface area contributed by atoms with Gasteiger partial charge in [-0.25, -0.2) is 0 Å². The van der Waals surface area contributed by atoms with E-state index in [2.05, 4.69) is 6.58 Å². The Hall–Kier alpha value is -0.870. The molecule has 1 aliphatic rings. The standard InChI is InChI=1S/C11H20N2O2/c1-8(2)7-13(3)11(14)10-5-4-9(6-12)15-10/h9-10H,1,4-7,12H2,2-3H3. The molecule has 0 saturated carbocycles. The molecule has 86 valence electrons. The molecule has 15 heavy (non-hydrogen) atoms. The number of hydrogen-bond acceptors (Lipinski definition) is 3. The van der Waals surface area contributed by atoms with Gasteiger partial charge in [-0.05, 0) is 19.8 Å². The molecule has 4 heteroatoms. The lowest BCUT2D eigenvalue weighted by molar-refractivity contribution is -0.140. The molecule has 1 amide bonds. The van der Waals surface area contributed by atoms with Gasteiger partial charge >= 0.3 is 0 Å². The lowest BCUT2D eigenvalue weighted by Gasteiger charge is -2.21. The SMILES string of the molecule is C=C(C)CN(C)C(=O)C1CCC(CN)O1. The minimum absolute atomic E-state index is 0.0361. The molecule has 0 bridgehead atoms. The summed E-state index contributed by atoms with van der Waals surface area (Å²) in [6, 6.07) is 0. The lowest BCUT2D eigenvalue weighted by atomic mass is 10.2. The van der Waals surface area contributed by atoms with Crippen LogP contribution in [0.4, 0.5) is 0 Å². The van der Waals surface area contributed by atoms with Crippen LogP contribution in [0.15, 0.2) is 12.2 Å². The molecule has 4 nitrogen and oxygen atoms in total. The smallest absolute Gasteiger partial charge is 0.251 e. The Morgan fingerprint density at radius 1 is 1.60 bits per heavy atom. The van der Waals surface area contributed by atoms with Crippen LogP contribution < -0.4 is 5.73 Å². The van der Waals surface area contributed by atoms with Crippen molar-refractivity contribution in [3.63, 3.8) is 0 Å². The Morgan fingerprint density at radius 3 is 2.73 bits per heavy atom. The first-order valence-electron chi connectivity index (χ1n) is 5.29. The van der Waals surface area contributed by atoms with Gasteiger partial charge in [-0.1, -0.05) is 12.2 Å². The summed E-state index contributed by atoms with van der Waals surface area (Å²) in [4.78, 5) is 13.5. The van der Waals surface area contributed by atoms with Gasteiger partial charge in [-0.3, -0.25) is 4.79 Å². The Morgan fingerprint density at radius 2 is 2.27 bits per heavy atom. The van der Waals surface area contributed by atoms with E-state index in [9.17, 15) is 4.79 Å². The second-order valence-corrected chi connectivity index (χ2v) is 4.21. The molecular formula is C11H20N2O2. The van der Waals surface area contributed by atoms with Crippen LogP contribution in [0.2, 0.25) is 0 Å². The summed E-state index contributed by atoms with van der Waals surface area (Å²) >= 11 is 0. The molecule has 2 unspecified atom stereocenters. The van der Waals surface area contributed by atoms with Crippen molar-refractivity contribution < 1.29 is 9.53 Å². The molecule has 0 aliphatic carbocycles. The van der Waals surface area contributed by atoms with E-state index in [0.717, 1.165) is 18.4 Å².